The van der Waals surface area contributed by atoms with Gasteiger partial charge in [0.25, 0.3) is 5.69 Å². The molecule has 0 unspecified atom stereocenters. The monoisotopic (exact) mass is 256 g/mol. The number of aromatic nitrogens is 1. The van der Waals surface area contributed by atoms with Gasteiger partial charge in [-0.05, 0) is 19.1 Å². The Morgan fingerprint density at radius 2 is 2.11 bits per heavy atom. The number of nitrogens with two attached hydrogens (primary N) is 1. The van der Waals surface area contributed by atoms with Gasteiger partial charge in [-0.2, -0.15) is 0 Å². The normalized spacial score (nSPS) is 10.2. The maximum atomic E-state index is 10.7. The molecule has 19 heavy (non-hydrogen) atoms. The molecule has 0 amide bonds. The predicted molar refractivity (Wildman–Crippen MR) is 72.1 cm³/mol. The predicted octanol–water partition coefficient (Wildman–Crippen LogP) is 2.25. The van der Waals surface area contributed by atoms with Crippen LogP contribution in [0.3, 0.4) is 0 Å². The number of non-ortho nitro benzene ring substituents is 1. The zero-order valence-corrected chi connectivity index (χ0v) is 10.3. The Labute approximate surface area is 109 Å². The van der Waals surface area contributed by atoms with Crippen molar-refractivity contribution in [1.29, 1.82) is 5.41 Å². The van der Waals surface area contributed by atoms with E-state index in [4.69, 9.17) is 11.1 Å². The number of amidine groups is 1. The van der Waals surface area contributed by atoms with Crippen LogP contribution in [0.1, 0.15) is 11.3 Å². The van der Waals surface area contributed by atoms with E-state index in [0.717, 1.165) is 0 Å². The van der Waals surface area contributed by atoms with Crippen molar-refractivity contribution in [2.24, 2.45) is 5.73 Å². The van der Waals surface area contributed by atoms with Gasteiger partial charge in [0.15, 0.2) is 0 Å². The standard InChI is InChI=1S/C13H12N4O2/c1-8-11(13(14)15)5-6-12(16-8)9-3-2-4-10(7-9)17(18)19/h2-7H,1H3,(H3,14,15). The minimum atomic E-state index is -0.444. The van der Waals surface area contributed by atoms with E-state index in [2.05, 4.69) is 4.98 Å². The third-order valence-electron chi connectivity index (χ3n) is 2.73. The molecule has 0 atom stereocenters. The lowest BCUT2D eigenvalue weighted by molar-refractivity contribution is -0.384. The molecule has 0 spiro atoms. The number of hydrogen-bond donors (Lipinski definition) is 2. The van der Waals surface area contributed by atoms with Crippen LogP contribution in [-0.4, -0.2) is 15.7 Å². The first kappa shape index (κ1) is 12.7. The van der Waals surface area contributed by atoms with Gasteiger partial charge < -0.3 is 5.73 Å². The number of aryl methyl sites for hydroxylation is 1. The van der Waals surface area contributed by atoms with Gasteiger partial charge in [-0.1, -0.05) is 12.1 Å². The fourth-order valence-corrected chi connectivity index (χ4v) is 1.79. The molecule has 6 nitrogen and oxygen atoms in total. The van der Waals surface area contributed by atoms with E-state index < -0.39 is 4.92 Å². The third kappa shape index (κ3) is 2.57. The lowest BCUT2D eigenvalue weighted by atomic mass is 10.1. The highest BCUT2D eigenvalue weighted by Crippen LogP contribution is 2.23. The van der Waals surface area contributed by atoms with Crippen LogP contribution in [0.15, 0.2) is 36.4 Å². The summed E-state index contributed by atoms with van der Waals surface area (Å²) in [6.45, 7) is 1.75. The molecule has 96 valence electrons. The largest absolute Gasteiger partial charge is 0.384 e. The van der Waals surface area contributed by atoms with E-state index in [1.807, 2.05) is 0 Å². The van der Waals surface area contributed by atoms with E-state index >= 15 is 0 Å². The van der Waals surface area contributed by atoms with Gasteiger partial charge in [0.2, 0.25) is 0 Å². The van der Waals surface area contributed by atoms with E-state index in [1.165, 1.54) is 12.1 Å². The lowest BCUT2D eigenvalue weighted by Crippen LogP contribution is -2.13. The van der Waals surface area contributed by atoms with Gasteiger partial charge in [-0.3, -0.25) is 20.5 Å². The van der Waals surface area contributed by atoms with Crippen molar-refractivity contribution in [3.63, 3.8) is 0 Å². The van der Waals surface area contributed by atoms with Crippen molar-refractivity contribution in [2.75, 3.05) is 0 Å². The Balaban J connectivity index is 2.48. The van der Waals surface area contributed by atoms with Crippen molar-refractivity contribution >= 4 is 11.5 Å². The second-order valence-electron chi connectivity index (χ2n) is 4.05. The maximum Gasteiger partial charge on any atom is 0.270 e. The van der Waals surface area contributed by atoms with Gasteiger partial charge in [0, 0.05) is 29.0 Å². The molecule has 0 aliphatic heterocycles. The number of nitro benzene ring substituents is 1. The summed E-state index contributed by atoms with van der Waals surface area (Å²) in [5.74, 6) is -0.0457. The summed E-state index contributed by atoms with van der Waals surface area (Å²) in [6.07, 6.45) is 0. The van der Waals surface area contributed by atoms with Crippen LogP contribution < -0.4 is 5.73 Å². The SMILES string of the molecule is Cc1nc(-c2cccc([N+](=O)[O-])c2)ccc1C(=N)N. The van der Waals surface area contributed by atoms with Gasteiger partial charge >= 0.3 is 0 Å². The number of benzene rings is 1. The Morgan fingerprint density at radius 3 is 2.68 bits per heavy atom. The van der Waals surface area contributed by atoms with Crippen molar-refractivity contribution in [2.45, 2.75) is 6.92 Å². The first-order valence-corrected chi connectivity index (χ1v) is 5.56. The van der Waals surface area contributed by atoms with Crippen LogP contribution in [0.25, 0.3) is 11.3 Å². The first-order chi connectivity index (χ1) is 8.99. The molecule has 0 bridgehead atoms. The highest BCUT2D eigenvalue weighted by Gasteiger charge is 2.10. The Kier molecular flexibility index (Phi) is 3.24. The molecule has 0 saturated carbocycles. The van der Waals surface area contributed by atoms with Crippen LogP contribution >= 0.6 is 0 Å². The van der Waals surface area contributed by atoms with Crippen molar-refractivity contribution in [1.82, 2.24) is 4.98 Å². The molecule has 0 aliphatic rings. The highest BCUT2D eigenvalue weighted by molar-refractivity contribution is 5.96. The van der Waals surface area contributed by atoms with Crippen LogP contribution in [0.5, 0.6) is 0 Å². The fraction of sp³-hybridized carbons (Fsp3) is 0.0769. The molecule has 0 fully saturated rings. The van der Waals surface area contributed by atoms with Crippen LogP contribution in [0.2, 0.25) is 0 Å². The van der Waals surface area contributed by atoms with Gasteiger partial charge in [0.05, 0.1) is 10.6 Å². The van der Waals surface area contributed by atoms with Crippen LogP contribution in [0, 0.1) is 22.4 Å². The number of nitro groups is 1. The number of nitrogen functional groups attached to an aromatic ring is 1. The van der Waals surface area contributed by atoms with E-state index in [1.54, 1.807) is 31.2 Å². The summed E-state index contributed by atoms with van der Waals surface area (Å²) in [5, 5.41) is 18.1. The fourth-order valence-electron chi connectivity index (χ4n) is 1.79. The van der Waals surface area contributed by atoms with Gasteiger partial charge in [-0.25, -0.2) is 0 Å². The molecule has 1 aromatic carbocycles. The summed E-state index contributed by atoms with van der Waals surface area (Å²) < 4.78 is 0. The molecule has 2 rings (SSSR count). The zero-order chi connectivity index (χ0) is 14.0. The van der Waals surface area contributed by atoms with Crippen LogP contribution in [-0.2, 0) is 0 Å². The van der Waals surface area contributed by atoms with Crippen molar-refractivity contribution in [3.8, 4) is 11.3 Å². The number of rotatable bonds is 3. The number of hydrogen-bond acceptors (Lipinski definition) is 4. The number of pyridine rings is 1. The van der Waals surface area contributed by atoms with Crippen molar-refractivity contribution in [3.05, 3.63) is 57.8 Å². The molecule has 0 saturated heterocycles. The molecule has 0 aliphatic carbocycles. The van der Waals surface area contributed by atoms with Gasteiger partial charge in [-0.15, -0.1) is 0 Å². The maximum absolute atomic E-state index is 10.7. The van der Waals surface area contributed by atoms with E-state index in [-0.39, 0.29) is 11.5 Å². The summed E-state index contributed by atoms with van der Waals surface area (Å²) in [4.78, 5) is 14.6. The molecule has 0 radical (unpaired) electrons. The second-order valence-corrected chi connectivity index (χ2v) is 4.05. The highest BCUT2D eigenvalue weighted by atomic mass is 16.6. The summed E-state index contributed by atoms with van der Waals surface area (Å²) in [7, 11) is 0. The average Bonchev–Trinajstić information content (AvgIpc) is 2.38. The molecule has 2 aromatic rings. The number of nitrogens with zero attached hydrogens (tertiary/aromatic N) is 2. The minimum Gasteiger partial charge on any atom is -0.384 e. The summed E-state index contributed by atoms with van der Waals surface area (Å²) >= 11 is 0. The van der Waals surface area contributed by atoms with Gasteiger partial charge in [0.1, 0.15) is 5.84 Å². The first-order valence-electron chi connectivity index (χ1n) is 5.56. The minimum absolute atomic E-state index is 0.0209. The summed E-state index contributed by atoms with van der Waals surface area (Å²) in [6, 6.07) is 9.66. The van der Waals surface area contributed by atoms with Crippen molar-refractivity contribution < 1.29 is 4.92 Å². The lowest BCUT2D eigenvalue weighted by Gasteiger charge is -2.06. The third-order valence-corrected chi connectivity index (χ3v) is 2.73. The zero-order valence-electron chi connectivity index (χ0n) is 10.3. The smallest absolute Gasteiger partial charge is 0.270 e. The molecule has 1 aromatic heterocycles. The molecule has 3 N–H and O–H groups in total. The average molecular weight is 256 g/mol. The second kappa shape index (κ2) is 4.85. The molecule has 1 heterocycles. The Bertz CT molecular complexity index is 667. The topological polar surface area (TPSA) is 106 Å². The molecular weight excluding hydrogens is 244 g/mol. The Hall–Kier alpha value is -2.76. The summed E-state index contributed by atoms with van der Waals surface area (Å²) in [5.41, 5.74) is 7.90. The molecule has 6 heteroatoms. The number of nitrogens with one attached hydrogen (secondary N) is 1. The van der Waals surface area contributed by atoms with Crippen LogP contribution in [0.4, 0.5) is 5.69 Å². The molecular formula is C13H12N4O2. The van der Waals surface area contributed by atoms with E-state index in [0.29, 0.717) is 22.5 Å². The quantitative estimate of drug-likeness (QED) is 0.380. The van der Waals surface area contributed by atoms with E-state index in [9.17, 15) is 10.1 Å². The Morgan fingerprint density at radius 1 is 1.37 bits per heavy atom.